The minimum absolute atomic E-state index is 0.0475. The quantitative estimate of drug-likeness (QED) is 0.573. The fourth-order valence-corrected chi connectivity index (χ4v) is 3.52. The van der Waals surface area contributed by atoms with Gasteiger partial charge in [-0.2, -0.15) is 9.61 Å². The molecule has 0 saturated carbocycles. The highest BCUT2D eigenvalue weighted by atomic mass is 32.1. The van der Waals surface area contributed by atoms with E-state index in [-0.39, 0.29) is 17.6 Å². The number of hydrogen-bond acceptors (Lipinski definition) is 7. The van der Waals surface area contributed by atoms with Gasteiger partial charge in [0.25, 0.3) is 5.56 Å². The van der Waals surface area contributed by atoms with Crippen LogP contribution < -0.4 is 10.3 Å². The standard InChI is InChI=1S/C21H25N3O4S/c1-6-17-23-24-18(25)11-15(22-20(24)29-17)12-27-19(26)13(2)28-16-9-7-14(8-10-16)21(3,4)5/h7-11,13H,6,12H2,1-5H3/t13-/m1/s1. The molecule has 2 heterocycles. The summed E-state index contributed by atoms with van der Waals surface area (Å²) < 4.78 is 12.2. The van der Waals surface area contributed by atoms with Crippen molar-refractivity contribution >= 4 is 22.3 Å². The van der Waals surface area contributed by atoms with Crippen LogP contribution >= 0.6 is 11.3 Å². The van der Waals surface area contributed by atoms with Gasteiger partial charge in [-0.05, 0) is 36.5 Å². The second-order valence-electron chi connectivity index (χ2n) is 7.77. The van der Waals surface area contributed by atoms with Crippen LogP contribution in [-0.2, 0) is 28.0 Å². The fourth-order valence-electron chi connectivity index (χ4n) is 2.66. The van der Waals surface area contributed by atoms with Crippen molar-refractivity contribution in [2.45, 2.75) is 59.2 Å². The Morgan fingerprint density at radius 1 is 1.24 bits per heavy atom. The summed E-state index contributed by atoms with van der Waals surface area (Å²) in [6, 6.07) is 8.99. The second kappa shape index (κ2) is 8.32. The normalized spacial score (nSPS) is 12.7. The number of carbonyl (C=O) groups excluding carboxylic acids is 1. The van der Waals surface area contributed by atoms with Crippen LogP contribution in [-0.4, -0.2) is 26.7 Å². The summed E-state index contributed by atoms with van der Waals surface area (Å²) in [4.78, 5) is 29.3. The van der Waals surface area contributed by atoms with Crippen LogP contribution in [0.25, 0.3) is 4.96 Å². The first-order chi connectivity index (χ1) is 13.7. The summed E-state index contributed by atoms with van der Waals surface area (Å²) in [7, 11) is 0. The van der Waals surface area contributed by atoms with E-state index in [1.807, 2.05) is 31.2 Å². The molecule has 0 bridgehead atoms. The van der Waals surface area contributed by atoms with Gasteiger partial charge in [-0.1, -0.05) is 51.2 Å². The van der Waals surface area contributed by atoms with Crippen LogP contribution in [0.1, 0.15) is 50.9 Å². The van der Waals surface area contributed by atoms with Crippen LogP contribution in [0, 0.1) is 0 Å². The van der Waals surface area contributed by atoms with Crippen molar-refractivity contribution in [3.63, 3.8) is 0 Å². The molecule has 2 aromatic heterocycles. The monoisotopic (exact) mass is 415 g/mol. The SMILES string of the molecule is CCc1nn2c(=O)cc(COC(=O)[C@@H](C)Oc3ccc(C(C)(C)C)cc3)nc2s1. The predicted octanol–water partition coefficient (Wildman–Crippen LogP) is 3.52. The molecule has 8 heteroatoms. The number of fused-ring (bicyclic) bond motifs is 1. The molecule has 0 amide bonds. The number of ether oxygens (including phenoxy) is 2. The third kappa shape index (κ3) is 5.00. The van der Waals surface area contributed by atoms with Crippen molar-refractivity contribution in [1.82, 2.24) is 14.6 Å². The highest BCUT2D eigenvalue weighted by Gasteiger charge is 2.18. The first-order valence-corrected chi connectivity index (χ1v) is 10.3. The highest BCUT2D eigenvalue weighted by molar-refractivity contribution is 7.16. The Bertz CT molecular complexity index is 1060. The molecule has 1 aromatic carbocycles. The van der Waals surface area contributed by atoms with Gasteiger partial charge in [-0.15, -0.1) is 0 Å². The van der Waals surface area contributed by atoms with Gasteiger partial charge in [0, 0.05) is 6.07 Å². The third-order valence-electron chi connectivity index (χ3n) is 4.37. The van der Waals surface area contributed by atoms with Crippen molar-refractivity contribution < 1.29 is 14.3 Å². The highest BCUT2D eigenvalue weighted by Crippen LogP contribution is 2.24. The van der Waals surface area contributed by atoms with Gasteiger partial charge >= 0.3 is 5.97 Å². The average molecular weight is 416 g/mol. The maximum Gasteiger partial charge on any atom is 0.347 e. The summed E-state index contributed by atoms with van der Waals surface area (Å²) in [5.41, 5.74) is 1.32. The number of benzene rings is 1. The molecule has 0 aliphatic rings. The molecule has 29 heavy (non-hydrogen) atoms. The van der Waals surface area contributed by atoms with Gasteiger partial charge < -0.3 is 9.47 Å². The van der Waals surface area contributed by atoms with Gasteiger partial charge in [0.15, 0.2) is 6.10 Å². The number of rotatable bonds is 6. The van der Waals surface area contributed by atoms with Crippen molar-refractivity contribution in [3.05, 3.63) is 57.0 Å². The first kappa shape index (κ1) is 21.0. The van der Waals surface area contributed by atoms with Crippen molar-refractivity contribution in [3.8, 4) is 5.75 Å². The van der Waals surface area contributed by atoms with Gasteiger partial charge in [0.05, 0.1) is 5.69 Å². The zero-order valence-corrected chi connectivity index (χ0v) is 18.1. The number of hydrogen-bond donors (Lipinski definition) is 0. The van der Waals surface area contributed by atoms with Crippen LogP contribution in [0.15, 0.2) is 35.1 Å². The Morgan fingerprint density at radius 2 is 1.93 bits per heavy atom. The molecule has 1 atom stereocenters. The summed E-state index contributed by atoms with van der Waals surface area (Å²) in [5, 5.41) is 5.02. The van der Waals surface area contributed by atoms with E-state index >= 15 is 0 Å². The molecular formula is C21H25N3O4S. The van der Waals surface area contributed by atoms with E-state index in [0.29, 0.717) is 16.4 Å². The molecular weight excluding hydrogens is 390 g/mol. The minimum Gasteiger partial charge on any atom is -0.479 e. The van der Waals surface area contributed by atoms with E-state index in [2.05, 4.69) is 30.9 Å². The van der Waals surface area contributed by atoms with Crippen LogP contribution in [0.2, 0.25) is 0 Å². The summed E-state index contributed by atoms with van der Waals surface area (Å²) >= 11 is 1.35. The molecule has 0 fully saturated rings. The molecule has 0 radical (unpaired) electrons. The Balaban J connectivity index is 1.61. The van der Waals surface area contributed by atoms with E-state index < -0.39 is 12.1 Å². The van der Waals surface area contributed by atoms with Crippen molar-refractivity contribution in [1.29, 1.82) is 0 Å². The van der Waals surface area contributed by atoms with E-state index in [4.69, 9.17) is 9.47 Å². The number of aryl methyl sites for hydroxylation is 1. The lowest BCUT2D eigenvalue weighted by Crippen LogP contribution is -2.26. The minimum atomic E-state index is -0.782. The van der Waals surface area contributed by atoms with Crippen molar-refractivity contribution in [2.24, 2.45) is 0 Å². The molecule has 3 aromatic rings. The van der Waals surface area contributed by atoms with E-state index in [1.54, 1.807) is 6.92 Å². The summed E-state index contributed by atoms with van der Waals surface area (Å²) in [6.07, 6.45) is -0.0565. The molecule has 154 valence electrons. The number of esters is 1. The molecule has 0 N–H and O–H groups in total. The number of carbonyl (C=O) groups is 1. The Morgan fingerprint density at radius 3 is 2.55 bits per heavy atom. The predicted molar refractivity (Wildman–Crippen MR) is 112 cm³/mol. The van der Waals surface area contributed by atoms with Crippen LogP contribution in [0.4, 0.5) is 0 Å². The Kier molecular flexibility index (Phi) is 6.02. The molecule has 7 nitrogen and oxygen atoms in total. The zero-order valence-electron chi connectivity index (χ0n) is 17.3. The summed E-state index contributed by atoms with van der Waals surface area (Å²) in [5.74, 6) is 0.0717. The Labute approximate surface area is 173 Å². The fraction of sp³-hybridized carbons (Fsp3) is 0.429. The summed E-state index contributed by atoms with van der Waals surface area (Å²) in [6.45, 7) is 9.90. The zero-order chi connectivity index (χ0) is 21.2. The largest absolute Gasteiger partial charge is 0.479 e. The lowest BCUT2D eigenvalue weighted by Gasteiger charge is -2.20. The van der Waals surface area contributed by atoms with Crippen molar-refractivity contribution in [2.75, 3.05) is 0 Å². The topological polar surface area (TPSA) is 82.8 Å². The smallest absolute Gasteiger partial charge is 0.347 e. The molecule has 3 rings (SSSR count). The van der Waals surface area contributed by atoms with Gasteiger partial charge in [0.1, 0.15) is 17.4 Å². The van der Waals surface area contributed by atoms with E-state index in [1.165, 1.54) is 27.5 Å². The van der Waals surface area contributed by atoms with E-state index in [0.717, 1.165) is 11.4 Å². The lowest BCUT2D eigenvalue weighted by atomic mass is 9.87. The molecule has 0 saturated heterocycles. The third-order valence-corrected chi connectivity index (χ3v) is 5.42. The lowest BCUT2D eigenvalue weighted by molar-refractivity contribution is -0.152. The second-order valence-corrected chi connectivity index (χ2v) is 8.81. The molecule has 0 unspecified atom stereocenters. The van der Waals surface area contributed by atoms with Crippen LogP contribution in [0.3, 0.4) is 0 Å². The average Bonchev–Trinajstić information content (AvgIpc) is 3.09. The van der Waals surface area contributed by atoms with Gasteiger partial charge in [-0.3, -0.25) is 4.79 Å². The van der Waals surface area contributed by atoms with Crippen LogP contribution in [0.5, 0.6) is 5.75 Å². The van der Waals surface area contributed by atoms with Gasteiger partial charge in [0.2, 0.25) is 4.96 Å². The maximum atomic E-state index is 12.3. The van der Waals surface area contributed by atoms with Gasteiger partial charge in [-0.25, -0.2) is 9.78 Å². The molecule has 0 spiro atoms. The molecule has 0 aliphatic heterocycles. The number of nitrogens with zero attached hydrogens (tertiary/aromatic N) is 3. The maximum absolute atomic E-state index is 12.3. The van der Waals surface area contributed by atoms with E-state index in [9.17, 15) is 9.59 Å². The molecule has 0 aliphatic carbocycles. The number of aromatic nitrogens is 3. The Hall–Kier alpha value is -2.74. The first-order valence-electron chi connectivity index (χ1n) is 9.50.